The highest BCUT2D eigenvalue weighted by Crippen LogP contribution is 2.20. The fourth-order valence-corrected chi connectivity index (χ4v) is 4.95. The molecule has 1 N–H and O–H groups in total. The van der Waals surface area contributed by atoms with E-state index in [1.54, 1.807) is 15.6 Å². The van der Waals surface area contributed by atoms with E-state index < -0.39 is 10.0 Å². The second-order valence-corrected chi connectivity index (χ2v) is 8.30. The van der Waals surface area contributed by atoms with E-state index in [0.29, 0.717) is 31.6 Å². The lowest BCUT2D eigenvalue weighted by molar-refractivity contribution is 0.277. The first kappa shape index (κ1) is 15.9. The molecule has 1 saturated heterocycles. The van der Waals surface area contributed by atoms with Crippen molar-refractivity contribution in [1.82, 2.24) is 9.62 Å². The number of hydrogen-bond donors (Lipinski definition) is 1. The molecule has 1 aromatic rings. The lowest BCUT2D eigenvalue weighted by Crippen LogP contribution is -2.46. The van der Waals surface area contributed by atoms with Crippen LogP contribution in [0.4, 0.5) is 0 Å². The molecule has 114 valence electrons. The maximum atomic E-state index is 12.0. The number of thiophene rings is 1. The monoisotopic (exact) mass is 316 g/mol. The molecule has 0 spiro atoms. The Labute approximate surface area is 126 Å². The minimum atomic E-state index is -3.02. The van der Waals surface area contributed by atoms with E-state index in [1.807, 2.05) is 6.92 Å². The molecule has 0 radical (unpaired) electrons. The van der Waals surface area contributed by atoms with Crippen molar-refractivity contribution in [1.29, 1.82) is 0 Å². The van der Waals surface area contributed by atoms with E-state index in [1.165, 1.54) is 5.56 Å². The minimum absolute atomic E-state index is 0.274. The third-order valence-corrected chi connectivity index (χ3v) is 6.62. The fraction of sp³-hybridized carbons (Fsp3) is 0.714. The first-order valence-electron chi connectivity index (χ1n) is 7.29. The second kappa shape index (κ2) is 7.02. The molecule has 4 nitrogen and oxygen atoms in total. The summed E-state index contributed by atoms with van der Waals surface area (Å²) in [5, 5.41) is 7.87. The molecule has 1 fully saturated rings. The number of hydrogen-bond acceptors (Lipinski definition) is 4. The van der Waals surface area contributed by atoms with E-state index in [0.717, 1.165) is 12.8 Å². The van der Waals surface area contributed by atoms with Crippen LogP contribution in [-0.4, -0.2) is 37.6 Å². The summed E-state index contributed by atoms with van der Waals surface area (Å²) < 4.78 is 25.7. The molecule has 1 aliphatic rings. The first-order chi connectivity index (χ1) is 9.53. The van der Waals surface area contributed by atoms with Crippen molar-refractivity contribution in [2.45, 2.75) is 45.2 Å². The smallest absolute Gasteiger partial charge is 0.214 e. The largest absolute Gasteiger partial charge is 0.307 e. The maximum absolute atomic E-state index is 12.0. The van der Waals surface area contributed by atoms with Gasteiger partial charge in [0.05, 0.1) is 5.75 Å². The molecule has 1 atom stereocenters. The lowest BCUT2D eigenvalue weighted by Gasteiger charge is -2.33. The molecular formula is C14H24N2O2S2. The van der Waals surface area contributed by atoms with Gasteiger partial charge >= 0.3 is 0 Å². The van der Waals surface area contributed by atoms with Crippen molar-refractivity contribution in [2.75, 3.05) is 18.8 Å². The molecule has 0 bridgehead atoms. The first-order valence-corrected chi connectivity index (χ1v) is 9.84. The SMILES string of the molecule is CCCS(=O)(=O)N1CCC(NC(C)c2ccsc2)CC1. The summed E-state index contributed by atoms with van der Waals surface area (Å²) in [7, 11) is -3.02. The van der Waals surface area contributed by atoms with Crippen LogP contribution in [0.5, 0.6) is 0 Å². The summed E-state index contributed by atoms with van der Waals surface area (Å²) in [6.45, 7) is 5.38. The summed E-state index contributed by atoms with van der Waals surface area (Å²) in [6, 6.07) is 2.89. The van der Waals surface area contributed by atoms with Gasteiger partial charge in [0.25, 0.3) is 0 Å². The van der Waals surface area contributed by atoms with Crippen molar-refractivity contribution in [3.8, 4) is 0 Å². The Kier molecular flexibility index (Phi) is 5.60. The molecule has 2 rings (SSSR count). The standard InChI is InChI=1S/C14H24N2O2S2/c1-3-10-20(17,18)16-7-4-14(5-8-16)15-12(2)13-6-9-19-11-13/h6,9,11-12,14-15H,3-5,7-8,10H2,1-2H3. The molecule has 0 aliphatic carbocycles. The van der Waals surface area contributed by atoms with Crippen molar-refractivity contribution in [3.05, 3.63) is 22.4 Å². The molecule has 1 aromatic heterocycles. The van der Waals surface area contributed by atoms with Gasteiger partial charge in [0, 0.05) is 25.2 Å². The average molecular weight is 316 g/mol. The molecule has 6 heteroatoms. The van der Waals surface area contributed by atoms with Gasteiger partial charge < -0.3 is 5.32 Å². The molecule has 0 saturated carbocycles. The highest BCUT2D eigenvalue weighted by Gasteiger charge is 2.27. The number of piperidine rings is 1. The number of nitrogens with zero attached hydrogens (tertiary/aromatic N) is 1. The summed E-state index contributed by atoms with van der Waals surface area (Å²) in [6.07, 6.45) is 2.49. The van der Waals surface area contributed by atoms with Crippen LogP contribution in [0.15, 0.2) is 16.8 Å². The average Bonchev–Trinajstić information content (AvgIpc) is 2.93. The van der Waals surface area contributed by atoms with E-state index in [2.05, 4.69) is 29.1 Å². The zero-order valence-corrected chi connectivity index (χ0v) is 13.8. The van der Waals surface area contributed by atoms with E-state index in [4.69, 9.17) is 0 Å². The van der Waals surface area contributed by atoms with Gasteiger partial charge in [-0.1, -0.05) is 6.92 Å². The minimum Gasteiger partial charge on any atom is -0.307 e. The summed E-state index contributed by atoms with van der Waals surface area (Å²) >= 11 is 1.71. The van der Waals surface area contributed by atoms with E-state index >= 15 is 0 Å². The van der Waals surface area contributed by atoms with Gasteiger partial charge in [0.15, 0.2) is 0 Å². The van der Waals surface area contributed by atoms with Gasteiger partial charge in [-0.15, -0.1) is 0 Å². The topological polar surface area (TPSA) is 49.4 Å². The molecule has 1 unspecified atom stereocenters. The molecule has 0 amide bonds. The normalized spacial score (nSPS) is 20.1. The van der Waals surface area contributed by atoms with Crippen LogP contribution in [-0.2, 0) is 10.0 Å². The predicted molar refractivity (Wildman–Crippen MR) is 84.5 cm³/mol. The highest BCUT2D eigenvalue weighted by molar-refractivity contribution is 7.89. The van der Waals surface area contributed by atoms with Crippen molar-refractivity contribution in [3.63, 3.8) is 0 Å². The Morgan fingerprint density at radius 1 is 1.45 bits per heavy atom. The highest BCUT2D eigenvalue weighted by atomic mass is 32.2. The molecule has 0 aromatic carbocycles. The van der Waals surface area contributed by atoms with Crippen LogP contribution in [0.3, 0.4) is 0 Å². The summed E-state index contributed by atoms with van der Waals surface area (Å²) in [5.41, 5.74) is 1.32. The maximum Gasteiger partial charge on any atom is 0.214 e. The predicted octanol–water partition coefficient (Wildman–Crippen LogP) is 2.60. The molecule has 2 heterocycles. The van der Waals surface area contributed by atoms with E-state index in [-0.39, 0.29) is 5.75 Å². The zero-order valence-electron chi connectivity index (χ0n) is 12.2. The van der Waals surface area contributed by atoms with Crippen molar-refractivity contribution < 1.29 is 8.42 Å². The Morgan fingerprint density at radius 2 is 2.15 bits per heavy atom. The Balaban J connectivity index is 1.83. The number of sulfonamides is 1. The van der Waals surface area contributed by atoms with Crippen LogP contribution in [0.2, 0.25) is 0 Å². The lowest BCUT2D eigenvalue weighted by atomic mass is 10.0. The van der Waals surface area contributed by atoms with Gasteiger partial charge in [0.2, 0.25) is 10.0 Å². The third kappa shape index (κ3) is 4.04. The summed E-state index contributed by atoms with van der Waals surface area (Å²) in [5.74, 6) is 0.274. The third-order valence-electron chi connectivity index (χ3n) is 3.84. The van der Waals surface area contributed by atoms with Gasteiger partial charge in [-0.25, -0.2) is 12.7 Å². The molecule has 1 aliphatic heterocycles. The molecule has 20 heavy (non-hydrogen) atoms. The second-order valence-electron chi connectivity index (χ2n) is 5.43. The quantitative estimate of drug-likeness (QED) is 0.877. The Morgan fingerprint density at radius 3 is 2.70 bits per heavy atom. The van der Waals surface area contributed by atoms with Crippen LogP contribution in [0.1, 0.15) is 44.7 Å². The van der Waals surface area contributed by atoms with Crippen molar-refractivity contribution in [2.24, 2.45) is 0 Å². The van der Waals surface area contributed by atoms with Crippen LogP contribution < -0.4 is 5.32 Å². The van der Waals surface area contributed by atoms with Gasteiger partial charge in [-0.3, -0.25) is 0 Å². The van der Waals surface area contributed by atoms with Gasteiger partial charge in [0.1, 0.15) is 0 Å². The van der Waals surface area contributed by atoms with Gasteiger partial charge in [-0.05, 0) is 48.6 Å². The fourth-order valence-electron chi connectivity index (χ4n) is 2.66. The number of nitrogens with one attached hydrogen (secondary N) is 1. The van der Waals surface area contributed by atoms with Crippen LogP contribution in [0, 0.1) is 0 Å². The van der Waals surface area contributed by atoms with Crippen LogP contribution >= 0.6 is 11.3 Å². The Hall–Kier alpha value is -0.430. The van der Waals surface area contributed by atoms with Crippen LogP contribution in [0.25, 0.3) is 0 Å². The Bertz CT molecular complexity index is 491. The van der Waals surface area contributed by atoms with Gasteiger partial charge in [-0.2, -0.15) is 11.3 Å². The molecular weight excluding hydrogens is 292 g/mol. The van der Waals surface area contributed by atoms with Crippen molar-refractivity contribution >= 4 is 21.4 Å². The summed E-state index contributed by atoms with van der Waals surface area (Å²) in [4.78, 5) is 0. The number of rotatable bonds is 6. The zero-order chi connectivity index (χ0) is 14.6. The van der Waals surface area contributed by atoms with E-state index in [9.17, 15) is 8.42 Å².